The van der Waals surface area contributed by atoms with E-state index in [1.165, 1.54) is 41.8 Å². The van der Waals surface area contributed by atoms with Crippen LogP contribution in [0.5, 0.6) is 0 Å². The first kappa shape index (κ1) is 29.1. The summed E-state index contributed by atoms with van der Waals surface area (Å²) in [5.41, 5.74) is -3.76. The van der Waals surface area contributed by atoms with Crippen LogP contribution in [0.25, 0.3) is 0 Å². The van der Waals surface area contributed by atoms with Gasteiger partial charge in [0.15, 0.2) is 0 Å². The van der Waals surface area contributed by atoms with Crippen molar-refractivity contribution in [1.82, 2.24) is 10.2 Å². The maximum Gasteiger partial charge on any atom is 0.417 e. The molecule has 2 aliphatic heterocycles. The van der Waals surface area contributed by atoms with Crippen molar-refractivity contribution in [3.63, 3.8) is 0 Å². The van der Waals surface area contributed by atoms with E-state index >= 15 is 4.39 Å². The third-order valence-corrected chi connectivity index (χ3v) is 6.79. The molecule has 38 heavy (non-hydrogen) atoms. The molecular weight excluding hydrogens is 550 g/mol. The number of rotatable bonds is 3. The fourth-order valence-corrected chi connectivity index (χ4v) is 5.06. The minimum absolute atomic E-state index is 0. The van der Waals surface area contributed by atoms with E-state index in [9.17, 15) is 27.0 Å². The van der Waals surface area contributed by atoms with Crippen LogP contribution in [0.2, 0.25) is 0 Å². The molecule has 0 spiro atoms. The Morgan fingerprint density at radius 1 is 1.11 bits per heavy atom. The van der Waals surface area contributed by atoms with Gasteiger partial charge >= 0.3 is 6.18 Å². The summed E-state index contributed by atoms with van der Waals surface area (Å²) in [6.45, 7) is 4.87. The molecule has 4 rings (SSSR count). The number of halogens is 5. The van der Waals surface area contributed by atoms with Crippen molar-refractivity contribution >= 4 is 52.0 Å². The Labute approximate surface area is 225 Å². The molecule has 0 unspecified atom stereocenters. The molecule has 2 fully saturated rings. The molecule has 0 aliphatic carbocycles. The Morgan fingerprint density at radius 2 is 1.74 bits per heavy atom. The number of hydrogen-bond donors (Lipinski definition) is 1. The average molecular weight is 572 g/mol. The summed E-state index contributed by atoms with van der Waals surface area (Å²) in [6.07, 6.45) is -4.88. The highest BCUT2D eigenvalue weighted by Crippen LogP contribution is 2.39. The van der Waals surface area contributed by atoms with Crippen molar-refractivity contribution in [1.29, 1.82) is 5.26 Å². The van der Waals surface area contributed by atoms with Gasteiger partial charge in [-0.3, -0.25) is 14.5 Å². The molecule has 1 N–H and O–H groups in total. The molecular formula is C24H22ClF4N5O3S. The van der Waals surface area contributed by atoms with Crippen LogP contribution < -0.4 is 15.1 Å². The van der Waals surface area contributed by atoms with Crippen LogP contribution in [0.1, 0.15) is 35.3 Å². The van der Waals surface area contributed by atoms with E-state index in [2.05, 4.69) is 5.32 Å². The molecule has 0 bridgehead atoms. The molecule has 0 radical (unpaired) electrons. The number of nitrogens with one attached hydrogen (secondary N) is 1. The predicted octanol–water partition coefficient (Wildman–Crippen LogP) is 3.12. The van der Waals surface area contributed by atoms with Crippen molar-refractivity contribution in [3.05, 3.63) is 58.9 Å². The number of nitriles is 1. The van der Waals surface area contributed by atoms with Gasteiger partial charge in [-0.15, -0.1) is 12.4 Å². The zero-order valence-electron chi connectivity index (χ0n) is 20.1. The minimum Gasteiger partial charge on any atom is -0.336 e. The molecule has 14 heteroatoms. The van der Waals surface area contributed by atoms with E-state index in [1.807, 2.05) is 0 Å². The van der Waals surface area contributed by atoms with Crippen LogP contribution in [-0.2, 0) is 22.2 Å². The van der Waals surface area contributed by atoms with E-state index < -0.39 is 40.5 Å². The second-order valence-corrected chi connectivity index (χ2v) is 9.48. The monoisotopic (exact) mass is 571 g/mol. The largest absolute Gasteiger partial charge is 0.417 e. The molecule has 2 aromatic carbocycles. The standard InChI is InChI=1S/C24H21F4N5O3S.ClH/c1-23(2)21(35)32(15-4-3-14(13-29)18(11-15)24(26,27)28)22(37-36)33(23)16-5-6-17(19(25)12-16)20(34)31-9-7-30-8-10-31;/h3-6,11-12,30H,7-10H2,1-2H3;1H. The Hall–Kier alpha value is -3.47. The van der Waals surface area contributed by atoms with Crippen molar-refractivity contribution in [3.8, 4) is 6.07 Å². The predicted molar refractivity (Wildman–Crippen MR) is 136 cm³/mol. The van der Waals surface area contributed by atoms with Crippen LogP contribution in [0.3, 0.4) is 0 Å². The molecule has 2 heterocycles. The number of nitrogens with zero attached hydrogens (tertiary/aromatic N) is 4. The highest BCUT2D eigenvalue weighted by molar-refractivity contribution is 7.67. The number of hydrogen-bond acceptors (Lipinski definition) is 5. The zero-order valence-corrected chi connectivity index (χ0v) is 21.8. The number of carbonyl (C=O) groups is 2. The number of alkyl halides is 3. The van der Waals surface area contributed by atoms with Crippen molar-refractivity contribution in [2.75, 3.05) is 36.0 Å². The smallest absolute Gasteiger partial charge is 0.336 e. The Morgan fingerprint density at radius 3 is 2.29 bits per heavy atom. The quantitative estimate of drug-likeness (QED) is 0.449. The van der Waals surface area contributed by atoms with Gasteiger partial charge < -0.3 is 15.1 Å². The second-order valence-electron chi connectivity index (χ2n) is 8.95. The highest BCUT2D eigenvalue weighted by atomic mass is 35.5. The molecule has 0 atom stereocenters. The summed E-state index contributed by atoms with van der Waals surface area (Å²) in [7, 11) is 0. The Kier molecular flexibility index (Phi) is 8.21. The molecule has 8 nitrogen and oxygen atoms in total. The molecule has 2 aliphatic rings. The van der Waals surface area contributed by atoms with Gasteiger partial charge in [-0.25, -0.2) is 8.60 Å². The SMILES string of the molecule is CC1(C)C(=O)N(c2ccc(C#N)c(C(F)(F)F)c2)C(=S=O)N1c1ccc(C(=O)N2CCNCC2)c(F)c1.Cl. The van der Waals surface area contributed by atoms with Gasteiger partial charge in [0, 0.05) is 31.9 Å². The van der Waals surface area contributed by atoms with Gasteiger partial charge in [-0.05, 0) is 50.2 Å². The summed E-state index contributed by atoms with van der Waals surface area (Å²) < 4.78 is 68.0. The first-order valence-electron chi connectivity index (χ1n) is 11.1. The average Bonchev–Trinajstić information content (AvgIpc) is 3.07. The van der Waals surface area contributed by atoms with Crippen LogP contribution in [-0.4, -0.2) is 57.8 Å². The maximum atomic E-state index is 15.1. The number of carbonyl (C=O) groups excluding carboxylic acids is 2. The van der Waals surface area contributed by atoms with E-state index in [4.69, 9.17) is 5.26 Å². The van der Waals surface area contributed by atoms with E-state index in [0.29, 0.717) is 32.2 Å². The molecule has 0 saturated carbocycles. The fourth-order valence-electron chi connectivity index (χ4n) is 4.39. The maximum absolute atomic E-state index is 15.1. The van der Waals surface area contributed by atoms with E-state index in [-0.39, 0.29) is 45.7 Å². The topological polar surface area (TPSA) is 96.7 Å². The second kappa shape index (κ2) is 10.7. The van der Waals surface area contributed by atoms with Gasteiger partial charge in [0.2, 0.25) is 5.11 Å². The highest BCUT2D eigenvalue weighted by Gasteiger charge is 2.51. The number of benzene rings is 2. The van der Waals surface area contributed by atoms with E-state index in [0.717, 1.165) is 23.1 Å². The Bertz CT molecular complexity index is 1380. The van der Waals surface area contributed by atoms with Gasteiger partial charge in [0.1, 0.15) is 22.6 Å². The summed E-state index contributed by atoms with van der Waals surface area (Å²) in [6, 6.07) is 7.81. The van der Waals surface area contributed by atoms with Crippen LogP contribution in [0, 0.1) is 17.1 Å². The molecule has 202 valence electrons. The third-order valence-electron chi connectivity index (χ3n) is 6.28. The van der Waals surface area contributed by atoms with Gasteiger partial charge in [-0.1, -0.05) is 0 Å². The van der Waals surface area contributed by atoms with Crippen molar-refractivity contribution < 1.29 is 31.4 Å². The fraction of sp³-hybridized carbons (Fsp3) is 0.333. The van der Waals surface area contributed by atoms with Gasteiger partial charge in [0.05, 0.1) is 28.4 Å². The normalized spacial score (nSPS) is 17.2. The van der Waals surface area contributed by atoms with Crippen LogP contribution >= 0.6 is 12.4 Å². The number of amides is 2. The number of piperazine rings is 1. The molecule has 2 saturated heterocycles. The zero-order chi connectivity index (χ0) is 27.1. The van der Waals surface area contributed by atoms with Crippen LogP contribution in [0.15, 0.2) is 36.4 Å². The van der Waals surface area contributed by atoms with Crippen LogP contribution in [0.4, 0.5) is 28.9 Å². The number of anilines is 2. The molecule has 2 aromatic rings. The van der Waals surface area contributed by atoms with Gasteiger partial charge in [0.25, 0.3) is 11.8 Å². The Balaban J connectivity index is 0.00000400. The molecule has 0 aromatic heterocycles. The third kappa shape index (κ3) is 4.99. The minimum atomic E-state index is -4.88. The molecule has 2 amide bonds. The first-order chi connectivity index (χ1) is 17.4. The summed E-state index contributed by atoms with van der Waals surface area (Å²) in [5, 5.41) is 11.9. The first-order valence-corrected chi connectivity index (χ1v) is 11.9. The summed E-state index contributed by atoms with van der Waals surface area (Å²) in [4.78, 5) is 29.7. The van der Waals surface area contributed by atoms with Gasteiger partial charge in [-0.2, -0.15) is 18.4 Å². The lowest BCUT2D eigenvalue weighted by atomic mass is 10.0. The van der Waals surface area contributed by atoms with Crippen molar-refractivity contribution in [2.24, 2.45) is 0 Å². The lowest BCUT2D eigenvalue weighted by molar-refractivity contribution is -0.137. The lowest BCUT2D eigenvalue weighted by Crippen LogP contribution is -2.46. The van der Waals surface area contributed by atoms with E-state index in [1.54, 1.807) is 0 Å². The summed E-state index contributed by atoms with van der Waals surface area (Å²) in [5.74, 6) is -2.09. The lowest BCUT2D eigenvalue weighted by Gasteiger charge is -2.30. The van der Waals surface area contributed by atoms with Crippen molar-refractivity contribution in [2.45, 2.75) is 25.6 Å². The summed E-state index contributed by atoms with van der Waals surface area (Å²) >= 11 is -0.146.